The molecule has 4 saturated heterocycles. The lowest BCUT2D eigenvalue weighted by molar-refractivity contribution is -0.00363. The summed E-state index contributed by atoms with van der Waals surface area (Å²) in [5, 5.41) is 3.71. The quantitative estimate of drug-likeness (QED) is 0.573. The van der Waals surface area contributed by atoms with Crippen molar-refractivity contribution in [1.29, 1.82) is 0 Å². The third-order valence-electron chi connectivity index (χ3n) is 4.02. The van der Waals surface area contributed by atoms with Gasteiger partial charge in [-0.15, -0.1) is 0 Å². The lowest BCUT2D eigenvalue weighted by Crippen LogP contribution is -2.64. The van der Waals surface area contributed by atoms with Gasteiger partial charge in [0.2, 0.25) is 0 Å². The molecule has 4 aliphatic rings. The monoisotopic (exact) mass is 166 g/mol. The van der Waals surface area contributed by atoms with Crippen LogP contribution in [-0.4, -0.2) is 36.6 Å². The normalized spacial score (nSPS) is 52.0. The predicted molar refractivity (Wildman–Crippen MR) is 49.1 cm³/mol. The van der Waals surface area contributed by atoms with E-state index in [-0.39, 0.29) is 0 Å². The zero-order valence-corrected chi connectivity index (χ0v) is 7.63. The summed E-state index contributed by atoms with van der Waals surface area (Å²) in [7, 11) is 0. The maximum absolute atomic E-state index is 3.71. The van der Waals surface area contributed by atoms with Crippen molar-refractivity contribution in [2.24, 2.45) is 5.92 Å². The third kappa shape index (κ3) is 0.944. The molecule has 0 aliphatic carbocycles. The van der Waals surface area contributed by atoms with E-state index >= 15 is 0 Å². The smallest absolute Gasteiger partial charge is 0.0252 e. The highest BCUT2D eigenvalue weighted by atomic mass is 15.2. The van der Waals surface area contributed by atoms with Gasteiger partial charge in [-0.2, -0.15) is 0 Å². The lowest BCUT2D eigenvalue weighted by atomic mass is 9.76. The molecule has 2 atom stereocenters. The van der Waals surface area contributed by atoms with Crippen molar-refractivity contribution in [2.75, 3.05) is 19.6 Å². The van der Waals surface area contributed by atoms with Crippen LogP contribution >= 0.6 is 0 Å². The molecule has 4 heterocycles. The van der Waals surface area contributed by atoms with E-state index in [1.807, 2.05) is 0 Å². The molecule has 0 spiro atoms. The molecule has 2 unspecified atom stereocenters. The minimum atomic E-state index is 0.862. The zero-order valence-electron chi connectivity index (χ0n) is 7.63. The van der Waals surface area contributed by atoms with Gasteiger partial charge in [0.1, 0.15) is 0 Å². The summed E-state index contributed by atoms with van der Waals surface area (Å²) < 4.78 is 0. The van der Waals surface area contributed by atoms with E-state index in [9.17, 15) is 0 Å². The summed E-state index contributed by atoms with van der Waals surface area (Å²) in [6.07, 6.45) is 5.75. The minimum absolute atomic E-state index is 0.862. The van der Waals surface area contributed by atoms with E-state index in [0.29, 0.717) is 0 Å². The molecule has 2 bridgehead atoms. The summed E-state index contributed by atoms with van der Waals surface area (Å²) in [6.45, 7) is 4.03. The average Bonchev–Trinajstić information content (AvgIpc) is 2.20. The molecule has 0 amide bonds. The van der Waals surface area contributed by atoms with Crippen LogP contribution in [0.4, 0.5) is 0 Å². The Kier molecular flexibility index (Phi) is 1.66. The minimum Gasteiger partial charge on any atom is -0.312 e. The van der Waals surface area contributed by atoms with Crippen LogP contribution in [-0.2, 0) is 0 Å². The molecule has 0 aromatic carbocycles. The number of piperidine rings is 4. The highest BCUT2D eigenvalue weighted by Crippen LogP contribution is 2.35. The summed E-state index contributed by atoms with van der Waals surface area (Å²) in [4.78, 5) is 2.72. The van der Waals surface area contributed by atoms with Crippen LogP contribution in [0.15, 0.2) is 0 Å². The van der Waals surface area contributed by atoms with Gasteiger partial charge >= 0.3 is 0 Å². The van der Waals surface area contributed by atoms with Gasteiger partial charge < -0.3 is 5.32 Å². The predicted octanol–water partition coefficient (Wildman–Crippen LogP) is 0.833. The van der Waals surface area contributed by atoms with Gasteiger partial charge in [-0.05, 0) is 51.2 Å². The second-order valence-corrected chi connectivity index (χ2v) is 4.56. The molecule has 0 aromatic rings. The van der Waals surface area contributed by atoms with Crippen LogP contribution in [0.1, 0.15) is 25.7 Å². The fraction of sp³-hybridized carbons (Fsp3) is 1.00. The van der Waals surface area contributed by atoms with Crippen molar-refractivity contribution in [1.82, 2.24) is 10.2 Å². The lowest BCUT2D eigenvalue weighted by Gasteiger charge is -2.53. The fourth-order valence-corrected chi connectivity index (χ4v) is 3.40. The van der Waals surface area contributed by atoms with Gasteiger partial charge in [-0.25, -0.2) is 0 Å². The molecular formula is C10H18N2. The van der Waals surface area contributed by atoms with Crippen LogP contribution in [0.5, 0.6) is 0 Å². The molecule has 0 radical (unpaired) electrons. The van der Waals surface area contributed by atoms with Crippen LogP contribution in [0, 0.1) is 5.92 Å². The van der Waals surface area contributed by atoms with Crippen molar-refractivity contribution in [3.63, 3.8) is 0 Å². The summed E-state index contributed by atoms with van der Waals surface area (Å²) in [5.74, 6) is 1.01. The first-order valence-electron chi connectivity index (χ1n) is 5.42. The second kappa shape index (κ2) is 2.71. The van der Waals surface area contributed by atoms with E-state index < -0.39 is 0 Å². The topological polar surface area (TPSA) is 15.3 Å². The highest BCUT2D eigenvalue weighted by molar-refractivity contribution is 5.00. The number of hydrogen-bond acceptors (Lipinski definition) is 2. The van der Waals surface area contributed by atoms with Crippen molar-refractivity contribution in [2.45, 2.75) is 37.8 Å². The highest BCUT2D eigenvalue weighted by Gasteiger charge is 2.42. The Morgan fingerprint density at radius 2 is 1.92 bits per heavy atom. The van der Waals surface area contributed by atoms with Gasteiger partial charge in [-0.3, -0.25) is 4.90 Å². The van der Waals surface area contributed by atoms with Crippen LogP contribution in [0.25, 0.3) is 0 Å². The van der Waals surface area contributed by atoms with E-state index in [2.05, 4.69) is 10.2 Å². The Morgan fingerprint density at radius 1 is 1.08 bits per heavy atom. The molecule has 0 saturated carbocycles. The summed E-state index contributed by atoms with van der Waals surface area (Å²) >= 11 is 0. The van der Waals surface area contributed by atoms with Gasteiger partial charge in [0, 0.05) is 12.1 Å². The third-order valence-corrected chi connectivity index (χ3v) is 4.02. The molecule has 4 fully saturated rings. The first kappa shape index (κ1) is 7.34. The number of hydrogen-bond donors (Lipinski definition) is 1. The average molecular weight is 166 g/mol. The van der Waals surface area contributed by atoms with E-state index in [4.69, 9.17) is 0 Å². The van der Waals surface area contributed by atoms with Gasteiger partial charge in [0.05, 0.1) is 0 Å². The van der Waals surface area contributed by atoms with Crippen molar-refractivity contribution >= 4 is 0 Å². The summed E-state index contributed by atoms with van der Waals surface area (Å²) in [5.41, 5.74) is 0. The zero-order chi connectivity index (χ0) is 7.97. The van der Waals surface area contributed by atoms with Crippen LogP contribution in [0.3, 0.4) is 0 Å². The van der Waals surface area contributed by atoms with Gasteiger partial charge in [0.25, 0.3) is 0 Å². The number of rotatable bonds is 0. The van der Waals surface area contributed by atoms with Gasteiger partial charge in [-0.1, -0.05) is 0 Å². The van der Waals surface area contributed by atoms with E-state index in [1.54, 1.807) is 0 Å². The van der Waals surface area contributed by atoms with Crippen molar-refractivity contribution in [3.8, 4) is 0 Å². The van der Waals surface area contributed by atoms with Crippen LogP contribution < -0.4 is 5.32 Å². The Bertz CT molecular complexity index is 153. The fourth-order valence-electron chi connectivity index (χ4n) is 3.40. The first-order chi connectivity index (χ1) is 5.95. The second-order valence-electron chi connectivity index (χ2n) is 4.56. The van der Waals surface area contributed by atoms with Crippen molar-refractivity contribution < 1.29 is 0 Å². The molecule has 4 aliphatic heterocycles. The summed E-state index contributed by atoms with van der Waals surface area (Å²) in [6, 6.07) is 1.77. The Balaban J connectivity index is 1.83. The number of nitrogens with zero attached hydrogens (tertiary/aromatic N) is 1. The molecule has 4 rings (SSSR count). The Hall–Kier alpha value is -0.0800. The molecule has 2 heteroatoms. The van der Waals surface area contributed by atoms with Crippen molar-refractivity contribution in [3.05, 3.63) is 0 Å². The molecule has 68 valence electrons. The molecule has 1 N–H and O–H groups in total. The molecular weight excluding hydrogens is 148 g/mol. The van der Waals surface area contributed by atoms with Gasteiger partial charge in [0.15, 0.2) is 0 Å². The first-order valence-corrected chi connectivity index (χ1v) is 5.42. The largest absolute Gasteiger partial charge is 0.312 e. The van der Waals surface area contributed by atoms with Crippen LogP contribution in [0.2, 0.25) is 0 Å². The molecule has 0 aromatic heterocycles. The molecule has 12 heavy (non-hydrogen) atoms. The van der Waals surface area contributed by atoms with E-state index in [1.165, 1.54) is 45.3 Å². The number of nitrogens with one attached hydrogen (secondary N) is 1. The SMILES string of the molecule is C1CNC2C3CCN(CC3)C2C1. The van der Waals surface area contributed by atoms with E-state index in [0.717, 1.165) is 18.0 Å². The standard InChI is InChI=1S/C10H18N2/c1-2-9-10(11-5-1)8-3-6-12(9)7-4-8/h8-11H,1-7H2. The Labute approximate surface area is 74.3 Å². The maximum atomic E-state index is 3.71. The maximum Gasteiger partial charge on any atom is 0.0252 e. The Morgan fingerprint density at radius 3 is 2.67 bits per heavy atom. The molecule has 2 nitrogen and oxygen atoms in total. The number of fused-ring (bicyclic) bond motifs is 2.